The van der Waals surface area contributed by atoms with Gasteiger partial charge in [0.25, 0.3) is 0 Å². The monoisotopic (exact) mass is 263 g/mol. The van der Waals surface area contributed by atoms with Crippen LogP contribution in [0.25, 0.3) is 0 Å². The molecule has 6 heteroatoms. The summed E-state index contributed by atoms with van der Waals surface area (Å²) >= 11 is 5.73. The van der Waals surface area contributed by atoms with Crippen LogP contribution < -0.4 is 4.90 Å². The number of hydrogen-bond acceptors (Lipinski definition) is 4. The zero-order valence-electron chi connectivity index (χ0n) is 10.1. The summed E-state index contributed by atoms with van der Waals surface area (Å²) in [7, 11) is 0. The van der Waals surface area contributed by atoms with E-state index in [4.69, 9.17) is 11.6 Å². The molecule has 0 saturated heterocycles. The summed E-state index contributed by atoms with van der Waals surface area (Å²) in [5, 5.41) is 7.86. The third kappa shape index (κ3) is 2.06. The van der Waals surface area contributed by atoms with Crippen molar-refractivity contribution in [3.63, 3.8) is 0 Å². The molecule has 0 atom stereocenters. The first-order valence-corrected chi connectivity index (χ1v) is 6.37. The number of H-pyrrole nitrogens is 1. The van der Waals surface area contributed by atoms with E-state index in [1.807, 2.05) is 0 Å². The van der Waals surface area contributed by atoms with Crippen molar-refractivity contribution in [2.24, 2.45) is 0 Å². The lowest BCUT2D eigenvalue weighted by molar-refractivity contribution is 0.674. The largest absolute Gasteiger partial charge is 0.349 e. The number of anilines is 1. The predicted octanol–water partition coefficient (Wildman–Crippen LogP) is 2.11. The molecule has 18 heavy (non-hydrogen) atoms. The first-order chi connectivity index (χ1) is 8.74. The molecule has 1 aliphatic rings. The maximum atomic E-state index is 5.73. The van der Waals surface area contributed by atoms with Gasteiger partial charge in [0.05, 0.1) is 24.6 Å². The zero-order chi connectivity index (χ0) is 12.5. The van der Waals surface area contributed by atoms with Gasteiger partial charge in [-0.05, 0) is 19.8 Å². The summed E-state index contributed by atoms with van der Waals surface area (Å²) in [6.07, 6.45) is 5.54. The molecule has 0 radical (unpaired) electrons. The highest BCUT2D eigenvalue weighted by Crippen LogP contribution is 2.27. The molecule has 1 N–H and O–H groups in total. The number of nitrogens with zero attached hydrogens (tertiary/aromatic N) is 4. The number of hydrogen-bond donors (Lipinski definition) is 1. The fourth-order valence-electron chi connectivity index (χ4n) is 2.32. The number of aryl methyl sites for hydroxylation is 1. The molecule has 0 amide bonds. The van der Waals surface area contributed by atoms with Crippen LogP contribution in [-0.4, -0.2) is 26.7 Å². The van der Waals surface area contributed by atoms with E-state index in [2.05, 4.69) is 32.0 Å². The summed E-state index contributed by atoms with van der Waals surface area (Å²) in [6, 6.07) is 0. The van der Waals surface area contributed by atoms with Gasteiger partial charge in [-0.15, -0.1) is 0 Å². The molecule has 5 nitrogen and oxygen atoms in total. The highest BCUT2D eigenvalue weighted by Gasteiger charge is 2.21. The van der Waals surface area contributed by atoms with Crippen LogP contribution in [-0.2, 0) is 13.0 Å². The van der Waals surface area contributed by atoms with E-state index in [1.54, 1.807) is 12.4 Å². The minimum atomic E-state index is 0.425. The Morgan fingerprint density at radius 2 is 2.28 bits per heavy atom. The lowest BCUT2D eigenvalue weighted by atomic mass is 10.1. The quantitative estimate of drug-likeness (QED) is 0.902. The summed E-state index contributed by atoms with van der Waals surface area (Å²) in [6.45, 7) is 3.79. The molecule has 2 aromatic rings. The lowest BCUT2D eigenvalue weighted by Gasteiger charge is -2.27. The fourth-order valence-corrected chi connectivity index (χ4v) is 2.42. The predicted molar refractivity (Wildman–Crippen MR) is 69.7 cm³/mol. The second kappa shape index (κ2) is 4.57. The van der Waals surface area contributed by atoms with E-state index in [1.165, 1.54) is 5.56 Å². The van der Waals surface area contributed by atoms with Gasteiger partial charge >= 0.3 is 0 Å². The van der Waals surface area contributed by atoms with Gasteiger partial charge in [0, 0.05) is 17.8 Å². The van der Waals surface area contributed by atoms with E-state index in [0.29, 0.717) is 5.15 Å². The van der Waals surface area contributed by atoms with Crippen LogP contribution in [0.15, 0.2) is 12.4 Å². The summed E-state index contributed by atoms with van der Waals surface area (Å²) < 4.78 is 0. The fraction of sp³-hybridized carbons (Fsp3) is 0.417. The Morgan fingerprint density at radius 1 is 1.39 bits per heavy atom. The SMILES string of the molecule is Cc1[nH]nc2c1CCCN2Cc1cnc(Cl)cn1. The maximum Gasteiger partial charge on any atom is 0.154 e. The van der Waals surface area contributed by atoms with E-state index in [9.17, 15) is 0 Å². The molecule has 0 bridgehead atoms. The molecule has 0 fully saturated rings. The van der Waals surface area contributed by atoms with Crippen LogP contribution in [0.5, 0.6) is 0 Å². The second-order valence-corrected chi connectivity index (χ2v) is 4.89. The third-order valence-corrected chi connectivity index (χ3v) is 3.43. The number of aromatic amines is 1. The molecule has 94 valence electrons. The van der Waals surface area contributed by atoms with E-state index in [-0.39, 0.29) is 0 Å². The molecule has 0 aliphatic carbocycles. The molecule has 3 heterocycles. The van der Waals surface area contributed by atoms with E-state index in [0.717, 1.165) is 43.1 Å². The highest BCUT2D eigenvalue weighted by molar-refractivity contribution is 6.29. The standard InChI is InChI=1S/C12H14ClN5/c1-8-10-3-2-4-18(12(10)17-16-8)7-9-5-15-11(13)6-14-9/h5-6H,2-4,7H2,1H3,(H,16,17). The molecular formula is C12H14ClN5. The Bertz CT molecular complexity index is 548. The number of fused-ring (bicyclic) bond motifs is 1. The Hall–Kier alpha value is -1.62. The molecular weight excluding hydrogens is 250 g/mol. The van der Waals surface area contributed by atoms with Crippen molar-refractivity contribution < 1.29 is 0 Å². The van der Waals surface area contributed by atoms with Gasteiger partial charge in [-0.2, -0.15) is 5.10 Å². The summed E-state index contributed by atoms with van der Waals surface area (Å²) in [5.41, 5.74) is 3.40. The van der Waals surface area contributed by atoms with Crippen LogP contribution in [0.4, 0.5) is 5.82 Å². The Kier molecular flexibility index (Phi) is 2.91. The molecule has 2 aromatic heterocycles. The smallest absolute Gasteiger partial charge is 0.154 e. The molecule has 0 saturated carbocycles. The first-order valence-electron chi connectivity index (χ1n) is 5.99. The van der Waals surface area contributed by atoms with E-state index < -0.39 is 0 Å². The van der Waals surface area contributed by atoms with Gasteiger partial charge < -0.3 is 4.90 Å². The van der Waals surface area contributed by atoms with Crippen molar-refractivity contribution in [1.82, 2.24) is 20.2 Å². The average molecular weight is 264 g/mol. The number of halogens is 1. The van der Waals surface area contributed by atoms with Crippen LogP contribution in [0, 0.1) is 6.92 Å². The van der Waals surface area contributed by atoms with Crippen molar-refractivity contribution in [2.75, 3.05) is 11.4 Å². The topological polar surface area (TPSA) is 57.7 Å². The summed E-state index contributed by atoms with van der Waals surface area (Å²) in [5.74, 6) is 1.05. The maximum absolute atomic E-state index is 5.73. The highest BCUT2D eigenvalue weighted by atomic mass is 35.5. The van der Waals surface area contributed by atoms with Gasteiger partial charge in [0.2, 0.25) is 0 Å². The zero-order valence-corrected chi connectivity index (χ0v) is 10.9. The molecule has 1 aliphatic heterocycles. The molecule has 0 spiro atoms. The Morgan fingerprint density at radius 3 is 3.06 bits per heavy atom. The Labute approximate surface area is 110 Å². The van der Waals surface area contributed by atoms with Crippen LogP contribution in [0.2, 0.25) is 5.15 Å². The first kappa shape index (κ1) is 11.5. The number of rotatable bonds is 2. The molecule has 0 unspecified atom stereocenters. The number of nitrogens with one attached hydrogen (secondary N) is 1. The van der Waals surface area contributed by atoms with Crippen molar-refractivity contribution in [3.05, 3.63) is 34.5 Å². The van der Waals surface area contributed by atoms with Gasteiger partial charge in [0.1, 0.15) is 5.15 Å². The third-order valence-electron chi connectivity index (χ3n) is 3.23. The van der Waals surface area contributed by atoms with Crippen molar-refractivity contribution in [1.29, 1.82) is 0 Å². The van der Waals surface area contributed by atoms with Gasteiger partial charge in [-0.3, -0.25) is 10.1 Å². The van der Waals surface area contributed by atoms with Crippen LogP contribution in [0.1, 0.15) is 23.4 Å². The van der Waals surface area contributed by atoms with Crippen molar-refractivity contribution >= 4 is 17.4 Å². The second-order valence-electron chi connectivity index (χ2n) is 4.51. The minimum absolute atomic E-state index is 0.425. The Balaban J connectivity index is 1.84. The summed E-state index contributed by atoms with van der Waals surface area (Å²) in [4.78, 5) is 10.6. The van der Waals surface area contributed by atoms with Crippen molar-refractivity contribution in [2.45, 2.75) is 26.3 Å². The molecule has 3 rings (SSSR count). The average Bonchev–Trinajstić information content (AvgIpc) is 2.76. The molecule has 0 aromatic carbocycles. The van der Waals surface area contributed by atoms with Crippen molar-refractivity contribution in [3.8, 4) is 0 Å². The van der Waals surface area contributed by atoms with Gasteiger partial charge in [-0.25, -0.2) is 4.98 Å². The minimum Gasteiger partial charge on any atom is -0.349 e. The normalized spacial score (nSPS) is 14.7. The van der Waals surface area contributed by atoms with Crippen LogP contribution in [0.3, 0.4) is 0 Å². The van der Waals surface area contributed by atoms with E-state index >= 15 is 0 Å². The van der Waals surface area contributed by atoms with Gasteiger partial charge in [0.15, 0.2) is 5.82 Å². The lowest BCUT2D eigenvalue weighted by Crippen LogP contribution is -2.29. The van der Waals surface area contributed by atoms with Crippen LogP contribution >= 0.6 is 11.6 Å². The van der Waals surface area contributed by atoms with Gasteiger partial charge in [-0.1, -0.05) is 11.6 Å². The number of aromatic nitrogens is 4.